The van der Waals surface area contributed by atoms with Crippen molar-refractivity contribution in [1.29, 1.82) is 0 Å². The molecule has 0 bridgehead atoms. The molecule has 0 radical (unpaired) electrons. The highest BCUT2D eigenvalue weighted by molar-refractivity contribution is 14.1. The van der Waals surface area contributed by atoms with Gasteiger partial charge >= 0.3 is 0 Å². The summed E-state index contributed by atoms with van der Waals surface area (Å²) in [5.41, 5.74) is 6.81. The number of aliphatic hydroxyl groups excluding tert-OH is 1. The topological polar surface area (TPSA) is 58.3 Å². The van der Waals surface area contributed by atoms with E-state index in [2.05, 4.69) is 5.32 Å². The number of benzene rings is 1. The van der Waals surface area contributed by atoms with E-state index >= 15 is 0 Å². The monoisotopic (exact) mass is 336 g/mol. The summed E-state index contributed by atoms with van der Waals surface area (Å²) >= 11 is 1.90. The average molecular weight is 336 g/mol. The van der Waals surface area contributed by atoms with Crippen LogP contribution in [0.3, 0.4) is 0 Å². The second-order valence-corrected chi connectivity index (χ2v) is 5.30. The minimum absolute atomic E-state index is 0.293. The fourth-order valence-electron chi connectivity index (χ4n) is 1.58. The van der Waals surface area contributed by atoms with Gasteiger partial charge in [-0.3, -0.25) is 0 Å². The van der Waals surface area contributed by atoms with Crippen molar-refractivity contribution in [3.63, 3.8) is 0 Å². The molecule has 1 aliphatic carbocycles. The fourth-order valence-corrected chi connectivity index (χ4v) is 2.07. The van der Waals surface area contributed by atoms with E-state index in [1.54, 1.807) is 6.07 Å². The van der Waals surface area contributed by atoms with Crippen molar-refractivity contribution >= 4 is 34.0 Å². The SMILES string of the molecule is Nc1cc(I)c(F)cc1NCC(O)C1CC1. The smallest absolute Gasteiger partial charge is 0.138 e. The number of hydrogen-bond acceptors (Lipinski definition) is 3. The van der Waals surface area contributed by atoms with Gasteiger partial charge in [-0.2, -0.15) is 0 Å². The van der Waals surface area contributed by atoms with Gasteiger partial charge in [0.05, 0.1) is 21.0 Å². The molecule has 16 heavy (non-hydrogen) atoms. The minimum atomic E-state index is -0.360. The minimum Gasteiger partial charge on any atom is -0.397 e. The lowest BCUT2D eigenvalue weighted by atomic mass is 10.2. The molecular formula is C11H14FIN2O. The number of nitrogen functional groups attached to an aromatic ring is 1. The first-order valence-corrected chi connectivity index (χ1v) is 6.32. The first-order valence-electron chi connectivity index (χ1n) is 5.24. The number of aliphatic hydroxyl groups is 1. The second kappa shape index (κ2) is 4.75. The summed E-state index contributed by atoms with van der Waals surface area (Å²) in [5.74, 6) is 0.112. The Morgan fingerprint density at radius 1 is 1.56 bits per heavy atom. The Labute approximate surface area is 107 Å². The zero-order chi connectivity index (χ0) is 11.7. The van der Waals surface area contributed by atoms with E-state index < -0.39 is 0 Å². The van der Waals surface area contributed by atoms with Crippen molar-refractivity contribution in [3.05, 3.63) is 21.5 Å². The predicted molar refractivity (Wildman–Crippen MR) is 70.7 cm³/mol. The number of rotatable bonds is 4. The number of nitrogens with one attached hydrogen (secondary N) is 1. The summed E-state index contributed by atoms with van der Waals surface area (Å²) in [5, 5.41) is 12.7. The van der Waals surface area contributed by atoms with E-state index in [0.29, 0.717) is 27.4 Å². The summed E-state index contributed by atoms with van der Waals surface area (Å²) in [7, 11) is 0. The number of hydrogen-bond donors (Lipinski definition) is 3. The van der Waals surface area contributed by atoms with Gasteiger partial charge in [0.15, 0.2) is 0 Å². The van der Waals surface area contributed by atoms with Crippen LogP contribution in [-0.2, 0) is 0 Å². The maximum atomic E-state index is 13.3. The van der Waals surface area contributed by atoms with E-state index in [9.17, 15) is 9.50 Å². The van der Waals surface area contributed by atoms with Crippen LogP contribution in [0.2, 0.25) is 0 Å². The molecule has 1 atom stereocenters. The van der Waals surface area contributed by atoms with E-state index in [0.717, 1.165) is 12.8 Å². The Morgan fingerprint density at radius 3 is 2.88 bits per heavy atom. The van der Waals surface area contributed by atoms with Gasteiger partial charge in [-0.25, -0.2) is 4.39 Å². The standard InChI is InChI=1S/C11H14FIN2O/c12-7-3-10(9(14)4-8(7)13)15-5-11(16)6-1-2-6/h3-4,6,11,15-16H,1-2,5,14H2. The van der Waals surface area contributed by atoms with Crippen LogP contribution in [0.25, 0.3) is 0 Å². The van der Waals surface area contributed by atoms with Gasteiger partial charge in [-0.05, 0) is 47.4 Å². The Bertz CT molecular complexity index is 396. The Hall–Kier alpha value is -0.560. The third-order valence-electron chi connectivity index (χ3n) is 2.76. The van der Waals surface area contributed by atoms with Crippen molar-refractivity contribution in [2.45, 2.75) is 18.9 Å². The predicted octanol–water partition coefficient (Wildman–Crippen LogP) is 2.20. The highest BCUT2D eigenvalue weighted by Crippen LogP contribution is 2.33. The maximum absolute atomic E-state index is 13.3. The van der Waals surface area contributed by atoms with Crippen LogP contribution in [0.4, 0.5) is 15.8 Å². The maximum Gasteiger partial charge on any atom is 0.138 e. The van der Waals surface area contributed by atoms with Gasteiger partial charge in [-0.15, -0.1) is 0 Å². The number of anilines is 2. The van der Waals surface area contributed by atoms with Crippen LogP contribution in [0.1, 0.15) is 12.8 Å². The van der Waals surface area contributed by atoms with Crippen LogP contribution in [0.5, 0.6) is 0 Å². The van der Waals surface area contributed by atoms with E-state index in [-0.39, 0.29) is 11.9 Å². The molecule has 2 rings (SSSR count). The summed E-state index contributed by atoms with van der Waals surface area (Å²) in [6, 6.07) is 2.96. The lowest BCUT2D eigenvalue weighted by Crippen LogP contribution is -2.21. The summed E-state index contributed by atoms with van der Waals surface area (Å²) in [6.45, 7) is 0.425. The molecule has 3 nitrogen and oxygen atoms in total. The third-order valence-corrected chi connectivity index (χ3v) is 3.59. The highest BCUT2D eigenvalue weighted by atomic mass is 127. The average Bonchev–Trinajstić information content (AvgIpc) is 3.04. The van der Waals surface area contributed by atoms with Gasteiger partial charge < -0.3 is 16.2 Å². The molecule has 1 fully saturated rings. The lowest BCUT2D eigenvalue weighted by Gasteiger charge is -2.14. The lowest BCUT2D eigenvalue weighted by molar-refractivity contribution is 0.164. The van der Waals surface area contributed by atoms with Crippen molar-refractivity contribution in [3.8, 4) is 0 Å². The van der Waals surface area contributed by atoms with E-state index in [1.807, 2.05) is 22.6 Å². The molecule has 1 aromatic rings. The molecule has 88 valence electrons. The van der Waals surface area contributed by atoms with Crippen molar-refractivity contribution in [2.75, 3.05) is 17.6 Å². The first kappa shape index (κ1) is 11.9. The molecule has 0 aliphatic heterocycles. The molecular weight excluding hydrogens is 322 g/mol. The molecule has 1 aliphatic rings. The highest BCUT2D eigenvalue weighted by Gasteiger charge is 2.29. The van der Waals surface area contributed by atoms with Crippen LogP contribution in [0, 0.1) is 15.3 Å². The van der Waals surface area contributed by atoms with E-state index in [1.165, 1.54) is 6.07 Å². The van der Waals surface area contributed by atoms with Gasteiger partial charge in [0.1, 0.15) is 5.82 Å². The summed E-state index contributed by atoms with van der Waals surface area (Å²) < 4.78 is 13.8. The Balaban J connectivity index is 2.00. The largest absolute Gasteiger partial charge is 0.397 e. The molecule has 4 N–H and O–H groups in total. The second-order valence-electron chi connectivity index (χ2n) is 4.14. The molecule has 1 saturated carbocycles. The molecule has 0 aromatic heterocycles. The zero-order valence-corrected chi connectivity index (χ0v) is 10.9. The number of halogens is 2. The Kier molecular flexibility index (Phi) is 3.53. The quantitative estimate of drug-likeness (QED) is 0.584. The Morgan fingerprint density at radius 2 is 2.25 bits per heavy atom. The normalized spacial score (nSPS) is 17.2. The molecule has 1 aromatic carbocycles. The van der Waals surface area contributed by atoms with Crippen molar-refractivity contribution in [2.24, 2.45) is 5.92 Å². The summed E-state index contributed by atoms with van der Waals surface area (Å²) in [6.07, 6.45) is 1.81. The molecule has 0 amide bonds. The van der Waals surface area contributed by atoms with E-state index in [4.69, 9.17) is 5.73 Å². The zero-order valence-electron chi connectivity index (χ0n) is 8.71. The first-order chi connectivity index (χ1) is 7.58. The van der Waals surface area contributed by atoms with Crippen molar-refractivity contribution < 1.29 is 9.50 Å². The third kappa shape index (κ3) is 2.76. The molecule has 5 heteroatoms. The van der Waals surface area contributed by atoms with Crippen LogP contribution < -0.4 is 11.1 Å². The van der Waals surface area contributed by atoms with Crippen LogP contribution in [0.15, 0.2) is 12.1 Å². The molecule has 0 saturated heterocycles. The van der Waals surface area contributed by atoms with Crippen LogP contribution in [-0.4, -0.2) is 17.8 Å². The molecule has 0 heterocycles. The van der Waals surface area contributed by atoms with Crippen LogP contribution >= 0.6 is 22.6 Å². The molecule has 1 unspecified atom stereocenters. The number of nitrogens with two attached hydrogens (primary N) is 1. The molecule has 0 spiro atoms. The fraction of sp³-hybridized carbons (Fsp3) is 0.455. The van der Waals surface area contributed by atoms with Gasteiger partial charge in [-0.1, -0.05) is 0 Å². The van der Waals surface area contributed by atoms with Crippen molar-refractivity contribution in [1.82, 2.24) is 0 Å². The summed E-state index contributed by atoms with van der Waals surface area (Å²) in [4.78, 5) is 0. The van der Waals surface area contributed by atoms with Gasteiger partial charge in [0.2, 0.25) is 0 Å². The van der Waals surface area contributed by atoms with Gasteiger partial charge in [0.25, 0.3) is 0 Å². The van der Waals surface area contributed by atoms with Gasteiger partial charge in [0, 0.05) is 12.6 Å².